The predicted octanol–water partition coefficient (Wildman–Crippen LogP) is 4.80. The molecule has 1 saturated heterocycles. The average Bonchev–Trinajstić information content (AvgIpc) is 3.24. The van der Waals surface area contributed by atoms with Gasteiger partial charge in [0.25, 0.3) is 0 Å². The lowest BCUT2D eigenvalue weighted by Gasteiger charge is -2.13. The van der Waals surface area contributed by atoms with Crippen LogP contribution < -0.4 is 4.74 Å². The lowest BCUT2D eigenvalue weighted by molar-refractivity contribution is -0.144. The standard InChI is InChI=1S/C24H25NO5/c1-4-27-22(26)14-24(17(3)30-24)19-10-12-20(13-11-19)28-15-21-16(2)29-23(25-21)18-8-6-5-7-9-18/h5-13,17H,4,14-15H2,1-3H3. The number of carbonyl (C=O) groups excluding carboxylic acids is 1. The number of rotatable bonds is 8. The van der Waals surface area contributed by atoms with Crippen molar-refractivity contribution >= 4 is 5.97 Å². The third kappa shape index (κ3) is 4.09. The van der Waals surface area contributed by atoms with Gasteiger partial charge in [-0.15, -0.1) is 0 Å². The highest BCUT2D eigenvalue weighted by Crippen LogP contribution is 2.49. The van der Waals surface area contributed by atoms with Crippen molar-refractivity contribution in [1.82, 2.24) is 4.98 Å². The molecule has 1 aliphatic rings. The zero-order chi connectivity index (χ0) is 21.1. The van der Waals surface area contributed by atoms with Crippen LogP contribution in [0.4, 0.5) is 0 Å². The lowest BCUT2D eigenvalue weighted by Crippen LogP contribution is -2.19. The number of oxazole rings is 1. The topological polar surface area (TPSA) is 74.1 Å². The zero-order valence-corrected chi connectivity index (χ0v) is 17.4. The summed E-state index contributed by atoms with van der Waals surface area (Å²) in [4.78, 5) is 16.5. The van der Waals surface area contributed by atoms with Crippen LogP contribution in [-0.4, -0.2) is 23.7 Å². The number of nitrogens with zero attached hydrogens (tertiary/aromatic N) is 1. The summed E-state index contributed by atoms with van der Waals surface area (Å²) in [6.45, 7) is 6.31. The van der Waals surface area contributed by atoms with E-state index in [4.69, 9.17) is 18.6 Å². The Labute approximate surface area is 175 Å². The first-order valence-corrected chi connectivity index (χ1v) is 10.1. The molecule has 6 heteroatoms. The number of aryl methyl sites for hydroxylation is 1. The van der Waals surface area contributed by atoms with Crippen molar-refractivity contribution in [3.63, 3.8) is 0 Å². The van der Waals surface area contributed by atoms with Gasteiger partial charge in [0.15, 0.2) is 0 Å². The number of ether oxygens (including phenoxy) is 3. The van der Waals surface area contributed by atoms with Crippen LogP contribution >= 0.6 is 0 Å². The summed E-state index contributed by atoms with van der Waals surface area (Å²) in [6.07, 6.45) is 0.186. The molecule has 1 fully saturated rings. The maximum atomic E-state index is 11.9. The Morgan fingerprint density at radius 3 is 2.47 bits per heavy atom. The van der Waals surface area contributed by atoms with E-state index in [1.807, 2.05) is 68.4 Å². The maximum Gasteiger partial charge on any atom is 0.309 e. The fraction of sp³-hybridized carbons (Fsp3) is 0.333. The molecule has 0 spiro atoms. The molecule has 2 unspecified atom stereocenters. The molecule has 0 saturated carbocycles. The Balaban J connectivity index is 1.41. The molecule has 0 N–H and O–H groups in total. The maximum absolute atomic E-state index is 11.9. The van der Waals surface area contributed by atoms with Crippen LogP contribution in [-0.2, 0) is 26.5 Å². The van der Waals surface area contributed by atoms with Gasteiger partial charge in [-0.1, -0.05) is 30.3 Å². The van der Waals surface area contributed by atoms with Gasteiger partial charge in [0, 0.05) is 5.56 Å². The molecular weight excluding hydrogens is 382 g/mol. The first-order valence-electron chi connectivity index (χ1n) is 10.1. The Kier molecular flexibility index (Phi) is 5.59. The zero-order valence-electron chi connectivity index (χ0n) is 17.4. The summed E-state index contributed by atoms with van der Waals surface area (Å²) >= 11 is 0. The van der Waals surface area contributed by atoms with E-state index in [1.54, 1.807) is 6.92 Å². The monoisotopic (exact) mass is 407 g/mol. The summed E-state index contributed by atoms with van der Waals surface area (Å²) in [5.74, 6) is 1.78. The molecule has 1 aliphatic heterocycles. The van der Waals surface area contributed by atoms with Gasteiger partial charge in [0.1, 0.15) is 29.4 Å². The number of carbonyl (C=O) groups is 1. The van der Waals surface area contributed by atoms with Crippen molar-refractivity contribution in [2.24, 2.45) is 0 Å². The number of benzene rings is 2. The van der Waals surface area contributed by atoms with E-state index in [0.717, 1.165) is 22.6 Å². The molecule has 0 bridgehead atoms. The van der Waals surface area contributed by atoms with E-state index < -0.39 is 5.60 Å². The number of hydrogen-bond acceptors (Lipinski definition) is 6. The van der Waals surface area contributed by atoms with Crippen molar-refractivity contribution in [3.8, 4) is 17.2 Å². The van der Waals surface area contributed by atoms with Gasteiger partial charge in [0.05, 0.1) is 19.1 Å². The normalized spacial score (nSPS) is 20.0. The summed E-state index contributed by atoms with van der Waals surface area (Å²) < 4.78 is 22.5. The fourth-order valence-electron chi connectivity index (χ4n) is 3.55. The second-order valence-electron chi connectivity index (χ2n) is 7.33. The van der Waals surface area contributed by atoms with Gasteiger partial charge in [-0.25, -0.2) is 4.98 Å². The van der Waals surface area contributed by atoms with E-state index in [-0.39, 0.29) is 18.5 Å². The SMILES string of the molecule is CCOC(=O)CC1(c2ccc(OCc3nc(-c4ccccc4)oc3C)cc2)OC1C. The lowest BCUT2D eigenvalue weighted by atomic mass is 9.92. The molecule has 4 rings (SSSR count). The Morgan fingerprint density at radius 2 is 1.83 bits per heavy atom. The van der Waals surface area contributed by atoms with Crippen molar-refractivity contribution in [1.29, 1.82) is 0 Å². The molecule has 2 aromatic carbocycles. The minimum absolute atomic E-state index is 0.0251. The van der Waals surface area contributed by atoms with Gasteiger partial charge < -0.3 is 18.6 Å². The van der Waals surface area contributed by atoms with E-state index in [9.17, 15) is 4.79 Å². The summed E-state index contributed by atoms with van der Waals surface area (Å²) in [6, 6.07) is 17.4. The molecule has 0 amide bonds. The third-order valence-electron chi connectivity index (χ3n) is 5.33. The van der Waals surface area contributed by atoms with E-state index in [2.05, 4.69) is 4.98 Å². The molecular formula is C24H25NO5. The molecule has 0 radical (unpaired) electrons. The van der Waals surface area contributed by atoms with Gasteiger partial charge >= 0.3 is 5.97 Å². The molecule has 156 valence electrons. The summed E-state index contributed by atoms with van der Waals surface area (Å²) in [5, 5.41) is 0. The first kappa shape index (κ1) is 20.2. The second-order valence-corrected chi connectivity index (χ2v) is 7.33. The van der Waals surface area contributed by atoms with E-state index in [0.29, 0.717) is 24.9 Å². The largest absolute Gasteiger partial charge is 0.487 e. The minimum atomic E-state index is -0.599. The Hall–Kier alpha value is -3.12. The van der Waals surface area contributed by atoms with Crippen molar-refractivity contribution in [2.45, 2.75) is 45.5 Å². The molecule has 30 heavy (non-hydrogen) atoms. The van der Waals surface area contributed by atoms with Gasteiger partial charge in [-0.3, -0.25) is 4.79 Å². The molecule has 3 aromatic rings. The molecule has 2 atom stereocenters. The molecule has 2 heterocycles. The van der Waals surface area contributed by atoms with Gasteiger partial charge in [-0.2, -0.15) is 0 Å². The average molecular weight is 407 g/mol. The van der Waals surface area contributed by atoms with Crippen LogP contribution in [0.25, 0.3) is 11.5 Å². The molecule has 6 nitrogen and oxygen atoms in total. The Morgan fingerprint density at radius 1 is 1.13 bits per heavy atom. The summed E-state index contributed by atoms with van der Waals surface area (Å²) in [7, 11) is 0. The van der Waals surface area contributed by atoms with Crippen molar-refractivity contribution in [3.05, 3.63) is 71.6 Å². The number of aromatic nitrogens is 1. The van der Waals surface area contributed by atoms with E-state index >= 15 is 0 Å². The highest BCUT2D eigenvalue weighted by Gasteiger charge is 2.56. The number of epoxide rings is 1. The van der Waals surface area contributed by atoms with Gasteiger partial charge in [0.2, 0.25) is 5.89 Å². The minimum Gasteiger partial charge on any atom is -0.487 e. The smallest absolute Gasteiger partial charge is 0.309 e. The Bertz CT molecular complexity index is 1010. The van der Waals surface area contributed by atoms with E-state index in [1.165, 1.54) is 0 Å². The third-order valence-corrected chi connectivity index (χ3v) is 5.33. The van der Waals surface area contributed by atoms with Crippen molar-refractivity contribution < 1.29 is 23.4 Å². The fourth-order valence-corrected chi connectivity index (χ4v) is 3.55. The quantitative estimate of drug-likeness (QED) is 0.395. The molecule has 1 aromatic heterocycles. The van der Waals surface area contributed by atoms with Gasteiger partial charge in [-0.05, 0) is 50.6 Å². The number of esters is 1. The first-order chi connectivity index (χ1) is 14.5. The van der Waals surface area contributed by atoms with Crippen LogP contribution in [0, 0.1) is 6.92 Å². The second kappa shape index (κ2) is 8.32. The van der Waals surface area contributed by atoms with Crippen LogP contribution in [0.15, 0.2) is 59.0 Å². The molecule has 0 aliphatic carbocycles. The van der Waals surface area contributed by atoms with Crippen LogP contribution in [0.2, 0.25) is 0 Å². The van der Waals surface area contributed by atoms with Crippen molar-refractivity contribution in [2.75, 3.05) is 6.61 Å². The summed E-state index contributed by atoms with van der Waals surface area (Å²) in [5.41, 5.74) is 2.04. The van der Waals surface area contributed by atoms with Crippen LogP contribution in [0.1, 0.15) is 37.3 Å². The highest BCUT2D eigenvalue weighted by atomic mass is 16.6. The van der Waals surface area contributed by atoms with Crippen LogP contribution in [0.5, 0.6) is 5.75 Å². The number of hydrogen-bond donors (Lipinski definition) is 0. The van der Waals surface area contributed by atoms with Crippen LogP contribution in [0.3, 0.4) is 0 Å². The predicted molar refractivity (Wildman–Crippen MR) is 111 cm³/mol. The highest BCUT2D eigenvalue weighted by molar-refractivity contribution is 5.72.